The third-order valence-electron chi connectivity index (χ3n) is 4.42. The smallest absolute Gasteiger partial charge is 0.407 e. The molecule has 1 aliphatic heterocycles. The lowest BCUT2D eigenvalue weighted by molar-refractivity contribution is -0.256. The van der Waals surface area contributed by atoms with E-state index in [1.807, 2.05) is 27.7 Å². The number of hydrogen-bond donors (Lipinski definition) is 2. The maximum atomic E-state index is 11.9. The van der Waals surface area contributed by atoms with Crippen molar-refractivity contribution >= 4 is 6.09 Å². The van der Waals surface area contributed by atoms with E-state index in [2.05, 4.69) is 12.2 Å². The number of nitrogens with one attached hydrogen (secondary N) is 1. The minimum atomic E-state index is -0.396. The van der Waals surface area contributed by atoms with E-state index in [1.54, 1.807) is 0 Å². The first kappa shape index (κ1) is 19.2. The monoisotopic (exact) mass is 314 g/mol. The SMILES string of the molecule is CCCCCCCNC(=O)OC1CC(C)(C)N(O)C(C)(C)C1. The van der Waals surface area contributed by atoms with E-state index in [-0.39, 0.29) is 12.2 Å². The van der Waals surface area contributed by atoms with Gasteiger partial charge in [-0.3, -0.25) is 0 Å². The van der Waals surface area contributed by atoms with E-state index >= 15 is 0 Å². The van der Waals surface area contributed by atoms with Crippen molar-refractivity contribution in [1.29, 1.82) is 0 Å². The molecule has 0 unspecified atom stereocenters. The van der Waals surface area contributed by atoms with Gasteiger partial charge in [0.25, 0.3) is 0 Å². The van der Waals surface area contributed by atoms with Crippen molar-refractivity contribution in [2.45, 2.75) is 96.7 Å². The number of piperidine rings is 1. The van der Waals surface area contributed by atoms with Crippen LogP contribution in [0.3, 0.4) is 0 Å². The van der Waals surface area contributed by atoms with Crippen LogP contribution in [0.15, 0.2) is 0 Å². The normalized spacial score (nSPS) is 21.5. The first-order valence-corrected chi connectivity index (χ1v) is 8.63. The second kappa shape index (κ2) is 8.16. The second-order valence-corrected chi connectivity index (χ2v) is 7.71. The number of carbonyl (C=O) groups is 1. The molecular formula is C17H34N2O3. The molecule has 0 bridgehead atoms. The zero-order chi connectivity index (χ0) is 16.8. The van der Waals surface area contributed by atoms with Crippen LogP contribution in [0.2, 0.25) is 0 Å². The molecule has 1 fully saturated rings. The Hall–Kier alpha value is -0.810. The van der Waals surface area contributed by atoms with Gasteiger partial charge >= 0.3 is 6.09 Å². The Balaban J connectivity index is 2.32. The Labute approximate surface area is 135 Å². The number of alkyl carbamates (subject to hydrolysis) is 1. The number of nitrogens with zero attached hydrogens (tertiary/aromatic N) is 1. The summed E-state index contributed by atoms with van der Waals surface area (Å²) in [6, 6.07) is 0. The number of carbonyl (C=O) groups excluding carboxylic acids is 1. The fourth-order valence-corrected chi connectivity index (χ4v) is 3.37. The summed E-state index contributed by atoms with van der Waals surface area (Å²) in [5, 5.41) is 14.5. The van der Waals surface area contributed by atoms with E-state index in [4.69, 9.17) is 4.74 Å². The van der Waals surface area contributed by atoms with Gasteiger partial charge in [-0.15, -0.1) is 0 Å². The van der Waals surface area contributed by atoms with Gasteiger partial charge in [0.05, 0.1) is 0 Å². The van der Waals surface area contributed by atoms with Crippen LogP contribution in [-0.2, 0) is 4.74 Å². The maximum Gasteiger partial charge on any atom is 0.407 e. The summed E-state index contributed by atoms with van der Waals surface area (Å²) in [6.45, 7) is 10.7. The third-order valence-corrected chi connectivity index (χ3v) is 4.42. The van der Waals surface area contributed by atoms with Crippen molar-refractivity contribution in [3.05, 3.63) is 0 Å². The molecule has 0 saturated carbocycles. The molecule has 2 N–H and O–H groups in total. The number of unbranched alkanes of at least 4 members (excludes halogenated alkanes) is 4. The number of ether oxygens (including phenoxy) is 1. The largest absolute Gasteiger partial charge is 0.446 e. The van der Waals surface area contributed by atoms with E-state index in [1.165, 1.54) is 24.3 Å². The van der Waals surface area contributed by atoms with Gasteiger partial charge in [-0.25, -0.2) is 4.79 Å². The minimum absolute atomic E-state index is 0.159. The fraction of sp³-hybridized carbons (Fsp3) is 0.941. The quantitative estimate of drug-likeness (QED) is 0.695. The molecule has 0 radical (unpaired) electrons. The Morgan fingerprint density at radius 1 is 1.14 bits per heavy atom. The molecule has 5 nitrogen and oxygen atoms in total. The number of hydrogen-bond acceptors (Lipinski definition) is 4. The second-order valence-electron chi connectivity index (χ2n) is 7.71. The average Bonchev–Trinajstić information content (AvgIpc) is 2.39. The van der Waals surface area contributed by atoms with E-state index in [9.17, 15) is 10.0 Å². The summed E-state index contributed by atoms with van der Waals surface area (Å²) >= 11 is 0. The summed E-state index contributed by atoms with van der Waals surface area (Å²) in [6.07, 6.45) is 6.64. The highest BCUT2D eigenvalue weighted by atomic mass is 16.6. The van der Waals surface area contributed by atoms with Crippen LogP contribution in [0.4, 0.5) is 4.79 Å². The summed E-state index contributed by atoms with van der Waals surface area (Å²) in [5.74, 6) is 0. The number of hydroxylamine groups is 2. The van der Waals surface area contributed by atoms with Crippen LogP contribution in [0.25, 0.3) is 0 Å². The van der Waals surface area contributed by atoms with Gasteiger partial charge in [0.2, 0.25) is 0 Å². The Morgan fingerprint density at radius 3 is 2.23 bits per heavy atom. The van der Waals surface area contributed by atoms with Crippen LogP contribution in [0.5, 0.6) is 0 Å². The highest BCUT2D eigenvalue weighted by molar-refractivity contribution is 5.67. The molecule has 1 heterocycles. The summed E-state index contributed by atoms with van der Waals surface area (Å²) in [5.41, 5.74) is -0.792. The van der Waals surface area contributed by atoms with E-state index < -0.39 is 11.1 Å². The predicted octanol–water partition coefficient (Wildman–Crippen LogP) is 4.09. The predicted molar refractivity (Wildman–Crippen MR) is 88.0 cm³/mol. The lowest BCUT2D eigenvalue weighted by Gasteiger charge is -2.50. The molecule has 0 aromatic rings. The molecule has 1 rings (SSSR count). The lowest BCUT2D eigenvalue weighted by atomic mass is 9.80. The summed E-state index contributed by atoms with van der Waals surface area (Å²) < 4.78 is 5.55. The van der Waals surface area contributed by atoms with Crippen molar-refractivity contribution in [3.63, 3.8) is 0 Å². The van der Waals surface area contributed by atoms with Gasteiger partial charge < -0.3 is 15.3 Å². The molecule has 1 amide bonds. The van der Waals surface area contributed by atoms with Crippen LogP contribution in [-0.4, -0.2) is 40.1 Å². The zero-order valence-corrected chi connectivity index (χ0v) is 14.9. The molecule has 0 aromatic heterocycles. The van der Waals surface area contributed by atoms with Gasteiger partial charge in [-0.2, -0.15) is 5.06 Å². The molecule has 1 saturated heterocycles. The summed E-state index contributed by atoms with van der Waals surface area (Å²) in [7, 11) is 0. The van der Waals surface area contributed by atoms with Crippen molar-refractivity contribution in [1.82, 2.24) is 10.4 Å². The van der Waals surface area contributed by atoms with Gasteiger partial charge in [0.1, 0.15) is 6.10 Å². The van der Waals surface area contributed by atoms with E-state index in [0.29, 0.717) is 19.4 Å². The molecule has 22 heavy (non-hydrogen) atoms. The molecule has 130 valence electrons. The first-order chi connectivity index (χ1) is 10.2. The number of amides is 1. The highest BCUT2D eigenvalue weighted by Crippen LogP contribution is 2.37. The van der Waals surface area contributed by atoms with Crippen LogP contribution in [0.1, 0.15) is 79.6 Å². The molecule has 5 heteroatoms. The van der Waals surface area contributed by atoms with Gasteiger partial charge in [0, 0.05) is 30.5 Å². The molecule has 0 spiro atoms. The Bertz CT molecular complexity index is 338. The van der Waals surface area contributed by atoms with E-state index in [0.717, 1.165) is 12.8 Å². The molecule has 1 aliphatic rings. The first-order valence-electron chi connectivity index (χ1n) is 8.63. The molecule has 0 aromatic carbocycles. The highest BCUT2D eigenvalue weighted by Gasteiger charge is 2.46. The molecule has 0 aliphatic carbocycles. The van der Waals surface area contributed by atoms with Crippen LogP contribution < -0.4 is 5.32 Å². The Morgan fingerprint density at radius 2 is 1.68 bits per heavy atom. The zero-order valence-electron chi connectivity index (χ0n) is 14.9. The Kier molecular flexibility index (Phi) is 7.13. The van der Waals surface area contributed by atoms with Gasteiger partial charge in [-0.05, 0) is 34.1 Å². The van der Waals surface area contributed by atoms with Crippen LogP contribution >= 0.6 is 0 Å². The van der Waals surface area contributed by atoms with Gasteiger partial charge in [0.15, 0.2) is 0 Å². The lowest BCUT2D eigenvalue weighted by Crippen LogP contribution is -2.60. The van der Waals surface area contributed by atoms with Crippen LogP contribution in [0, 0.1) is 0 Å². The minimum Gasteiger partial charge on any atom is -0.446 e. The maximum absolute atomic E-state index is 11.9. The molecule has 0 atom stereocenters. The third kappa shape index (κ3) is 5.76. The summed E-state index contributed by atoms with van der Waals surface area (Å²) in [4.78, 5) is 11.9. The van der Waals surface area contributed by atoms with Crippen molar-refractivity contribution in [3.8, 4) is 0 Å². The fourth-order valence-electron chi connectivity index (χ4n) is 3.37. The molecular weight excluding hydrogens is 280 g/mol. The topological polar surface area (TPSA) is 61.8 Å². The standard InChI is InChI=1S/C17H34N2O3/c1-6-7-8-9-10-11-18-15(20)22-14-12-16(2,3)19(21)17(4,5)13-14/h14,21H,6-13H2,1-5H3,(H,18,20). The van der Waals surface area contributed by atoms with Crippen molar-refractivity contribution < 1.29 is 14.7 Å². The van der Waals surface area contributed by atoms with Crippen molar-refractivity contribution in [2.75, 3.05) is 6.54 Å². The number of rotatable bonds is 7. The van der Waals surface area contributed by atoms with Gasteiger partial charge in [-0.1, -0.05) is 32.6 Å². The van der Waals surface area contributed by atoms with Crippen molar-refractivity contribution in [2.24, 2.45) is 0 Å². The average molecular weight is 314 g/mol.